The van der Waals surface area contributed by atoms with E-state index in [1.165, 1.54) is 22.9 Å². The molecule has 0 amide bonds. The number of aromatic nitrogens is 3. The Balaban J connectivity index is 2.16. The van der Waals surface area contributed by atoms with Crippen LogP contribution in [0.15, 0.2) is 23.4 Å². The van der Waals surface area contributed by atoms with E-state index in [2.05, 4.69) is 10.2 Å². The Morgan fingerprint density at radius 3 is 2.62 bits per heavy atom. The Hall–Kier alpha value is -1.67. The summed E-state index contributed by atoms with van der Waals surface area (Å²) in [5.74, 6) is 5.26. The molecule has 21 heavy (non-hydrogen) atoms. The van der Waals surface area contributed by atoms with Crippen LogP contribution in [0.2, 0.25) is 0 Å². The second kappa shape index (κ2) is 6.86. The first kappa shape index (κ1) is 15.7. The lowest BCUT2D eigenvalue weighted by atomic mass is 10.1. The van der Waals surface area contributed by atoms with E-state index in [0.717, 1.165) is 11.8 Å². The number of hydrogen-bond acceptors (Lipinski definition) is 5. The van der Waals surface area contributed by atoms with Crippen LogP contribution in [0.5, 0.6) is 0 Å². The van der Waals surface area contributed by atoms with Crippen LogP contribution in [0, 0.1) is 11.6 Å². The average molecular weight is 314 g/mol. The normalized spacial score (nSPS) is 12.6. The maximum absolute atomic E-state index is 13.7. The van der Waals surface area contributed by atoms with Crippen molar-refractivity contribution in [3.8, 4) is 0 Å². The third kappa shape index (κ3) is 3.51. The van der Waals surface area contributed by atoms with Gasteiger partial charge in [-0.25, -0.2) is 13.5 Å². The van der Waals surface area contributed by atoms with Gasteiger partial charge in [0.15, 0.2) is 5.82 Å². The largest absolute Gasteiger partial charge is 0.384 e. The number of methoxy groups -OCH3 is 1. The highest BCUT2D eigenvalue weighted by atomic mass is 32.2. The van der Waals surface area contributed by atoms with Crippen LogP contribution in [-0.4, -0.2) is 28.6 Å². The zero-order chi connectivity index (χ0) is 15.4. The predicted octanol–water partition coefficient (Wildman–Crippen LogP) is 2.31. The molecule has 0 aliphatic rings. The molecule has 0 saturated carbocycles. The van der Waals surface area contributed by atoms with Crippen molar-refractivity contribution in [3.63, 3.8) is 0 Å². The molecule has 5 nitrogen and oxygen atoms in total. The van der Waals surface area contributed by atoms with Gasteiger partial charge in [0.2, 0.25) is 5.16 Å². The summed E-state index contributed by atoms with van der Waals surface area (Å²) in [6, 6.07) is 3.79. The number of ether oxygens (including phenoxy) is 1. The van der Waals surface area contributed by atoms with E-state index in [1.54, 1.807) is 14.0 Å². The molecule has 1 aromatic heterocycles. The van der Waals surface area contributed by atoms with Gasteiger partial charge in [0.05, 0.1) is 6.61 Å². The van der Waals surface area contributed by atoms with Gasteiger partial charge in [-0.2, -0.15) is 0 Å². The van der Waals surface area contributed by atoms with Crippen LogP contribution in [-0.2, 0) is 11.2 Å². The Labute approximate surface area is 125 Å². The minimum atomic E-state index is -0.585. The summed E-state index contributed by atoms with van der Waals surface area (Å²) in [5, 5.41) is 7.81. The fourth-order valence-corrected chi connectivity index (χ4v) is 2.83. The smallest absolute Gasteiger partial charge is 0.210 e. The minimum absolute atomic E-state index is 0.00365. The molecule has 0 spiro atoms. The number of halogens is 2. The molecule has 0 aliphatic carbocycles. The van der Waals surface area contributed by atoms with E-state index in [4.69, 9.17) is 10.6 Å². The lowest BCUT2D eigenvalue weighted by Gasteiger charge is -2.12. The number of benzene rings is 1. The molecular formula is C13H16F2N4OS. The highest BCUT2D eigenvalue weighted by Gasteiger charge is 2.20. The maximum Gasteiger partial charge on any atom is 0.210 e. The van der Waals surface area contributed by atoms with E-state index in [-0.39, 0.29) is 5.56 Å². The van der Waals surface area contributed by atoms with Crippen LogP contribution in [0.1, 0.15) is 23.6 Å². The molecule has 0 unspecified atom stereocenters. The first-order valence-electron chi connectivity index (χ1n) is 6.33. The Morgan fingerprint density at radius 1 is 1.33 bits per heavy atom. The van der Waals surface area contributed by atoms with Crippen LogP contribution in [0.25, 0.3) is 0 Å². The Bertz CT molecular complexity index is 600. The summed E-state index contributed by atoms with van der Waals surface area (Å²) in [6.07, 6.45) is 0.517. The Morgan fingerprint density at radius 2 is 2.00 bits per heavy atom. The highest BCUT2D eigenvalue weighted by molar-refractivity contribution is 7.99. The summed E-state index contributed by atoms with van der Waals surface area (Å²) in [4.78, 5) is 0. The Kier molecular flexibility index (Phi) is 5.13. The number of hydrogen-bond donors (Lipinski definition) is 1. The van der Waals surface area contributed by atoms with E-state index in [0.29, 0.717) is 24.0 Å². The molecule has 2 N–H and O–H groups in total. The van der Waals surface area contributed by atoms with Crippen molar-refractivity contribution in [2.24, 2.45) is 0 Å². The van der Waals surface area contributed by atoms with Crippen molar-refractivity contribution in [1.29, 1.82) is 0 Å². The van der Waals surface area contributed by atoms with Crippen LogP contribution < -0.4 is 5.84 Å². The van der Waals surface area contributed by atoms with Gasteiger partial charge in [0, 0.05) is 24.3 Å². The van der Waals surface area contributed by atoms with Crippen molar-refractivity contribution in [1.82, 2.24) is 14.9 Å². The molecule has 1 atom stereocenters. The molecule has 2 rings (SSSR count). The SMILES string of the molecule is COCCc1nnc(S[C@H](C)c2c(F)cccc2F)n1N. The third-order valence-electron chi connectivity index (χ3n) is 2.95. The molecule has 0 saturated heterocycles. The first-order valence-corrected chi connectivity index (χ1v) is 7.21. The van der Waals surface area contributed by atoms with Crippen molar-refractivity contribution in [2.45, 2.75) is 23.8 Å². The molecule has 0 fully saturated rings. The van der Waals surface area contributed by atoms with Gasteiger partial charge in [-0.1, -0.05) is 17.8 Å². The topological polar surface area (TPSA) is 66.0 Å². The van der Waals surface area contributed by atoms with E-state index < -0.39 is 16.9 Å². The van der Waals surface area contributed by atoms with Crippen LogP contribution in [0.3, 0.4) is 0 Å². The second-order valence-corrected chi connectivity index (χ2v) is 5.71. The molecule has 0 bridgehead atoms. The number of thioether (sulfide) groups is 1. The van der Waals surface area contributed by atoms with E-state index in [9.17, 15) is 8.78 Å². The molecule has 114 valence electrons. The zero-order valence-electron chi connectivity index (χ0n) is 11.7. The van der Waals surface area contributed by atoms with Gasteiger partial charge in [-0.15, -0.1) is 10.2 Å². The number of nitrogens with zero attached hydrogens (tertiary/aromatic N) is 3. The van der Waals surface area contributed by atoms with Crippen molar-refractivity contribution < 1.29 is 13.5 Å². The molecule has 2 aromatic rings. The summed E-state index contributed by atoms with van der Waals surface area (Å²) in [7, 11) is 1.58. The molecule has 8 heteroatoms. The molecule has 0 aliphatic heterocycles. The van der Waals surface area contributed by atoms with E-state index >= 15 is 0 Å². The van der Waals surface area contributed by atoms with Crippen LogP contribution >= 0.6 is 11.8 Å². The number of nitrogens with two attached hydrogens (primary N) is 1. The average Bonchev–Trinajstić information content (AvgIpc) is 2.77. The molecular weight excluding hydrogens is 298 g/mol. The number of rotatable bonds is 6. The van der Waals surface area contributed by atoms with E-state index in [1.807, 2.05) is 0 Å². The molecule has 1 aromatic carbocycles. The van der Waals surface area contributed by atoms with Crippen LogP contribution in [0.4, 0.5) is 8.78 Å². The highest BCUT2D eigenvalue weighted by Crippen LogP contribution is 2.35. The van der Waals surface area contributed by atoms with Gasteiger partial charge in [0.25, 0.3) is 0 Å². The lowest BCUT2D eigenvalue weighted by molar-refractivity contribution is 0.200. The van der Waals surface area contributed by atoms with Crippen molar-refractivity contribution >= 4 is 11.8 Å². The zero-order valence-corrected chi connectivity index (χ0v) is 12.5. The van der Waals surface area contributed by atoms with Gasteiger partial charge in [-0.05, 0) is 19.1 Å². The van der Waals surface area contributed by atoms with Gasteiger partial charge in [-0.3, -0.25) is 0 Å². The fourth-order valence-electron chi connectivity index (χ4n) is 1.87. The first-order chi connectivity index (χ1) is 10.0. The predicted molar refractivity (Wildman–Crippen MR) is 76.4 cm³/mol. The quantitative estimate of drug-likeness (QED) is 0.655. The van der Waals surface area contributed by atoms with Gasteiger partial charge in [0.1, 0.15) is 11.6 Å². The summed E-state index contributed by atoms with van der Waals surface area (Å²) < 4.78 is 33.7. The van der Waals surface area contributed by atoms with Crippen molar-refractivity contribution in [3.05, 3.63) is 41.2 Å². The minimum Gasteiger partial charge on any atom is -0.384 e. The summed E-state index contributed by atoms with van der Waals surface area (Å²) >= 11 is 1.15. The lowest BCUT2D eigenvalue weighted by Crippen LogP contribution is -2.15. The fraction of sp³-hybridized carbons (Fsp3) is 0.385. The van der Waals surface area contributed by atoms with Crippen molar-refractivity contribution in [2.75, 3.05) is 19.6 Å². The summed E-state index contributed by atoms with van der Waals surface area (Å²) in [5.41, 5.74) is 0.00365. The maximum atomic E-state index is 13.7. The second-order valence-electron chi connectivity index (χ2n) is 4.41. The molecule has 0 radical (unpaired) electrons. The monoisotopic (exact) mass is 314 g/mol. The standard InChI is InChI=1S/C13H16F2N4OS/c1-8(12-9(14)4-3-5-10(12)15)21-13-18-17-11(19(13)16)6-7-20-2/h3-5,8H,6-7,16H2,1-2H3/t8-/m1/s1. The molecule has 1 heterocycles. The third-order valence-corrected chi connectivity index (χ3v) is 4.03. The van der Waals surface area contributed by atoms with Gasteiger partial charge < -0.3 is 10.6 Å². The summed E-state index contributed by atoms with van der Waals surface area (Å²) in [6.45, 7) is 2.16. The van der Waals surface area contributed by atoms with Gasteiger partial charge >= 0.3 is 0 Å². The number of nitrogen functional groups attached to an aromatic ring is 1.